The van der Waals surface area contributed by atoms with Crippen molar-refractivity contribution in [2.24, 2.45) is 0 Å². The van der Waals surface area contributed by atoms with Gasteiger partial charge in [0.2, 0.25) is 5.89 Å². The molecule has 4 nitrogen and oxygen atoms in total. The molecule has 0 unspecified atom stereocenters. The summed E-state index contributed by atoms with van der Waals surface area (Å²) in [6, 6.07) is 0. The molecule has 1 aromatic heterocycles. The van der Waals surface area contributed by atoms with E-state index in [0.717, 1.165) is 31.1 Å². The summed E-state index contributed by atoms with van der Waals surface area (Å²) >= 11 is 0. The number of nitrogens with zero attached hydrogens (tertiary/aromatic N) is 1. The second kappa shape index (κ2) is 6.56. The van der Waals surface area contributed by atoms with Gasteiger partial charge in [0.25, 0.3) is 0 Å². The van der Waals surface area contributed by atoms with Gasteiger partial charge in [-0.1, -0.05) is 6.92 Å². The summed E-state index contributed by atoms with van der Waals surface area (Å²) in [6.45, 7) is 4.30. The van der Waals surface area contributed by atoms with Crippen LogP contribution in [-0.2, 0) is 17.7 Å². The van der Waals surface area contributed by atoms with E-state index in [1.165, 1.54) is 0 Å². The molecule has 0 saturated carbocycles. The number of rotatable bonds is 7. The van der Waals surface area contributed by atoms with E-state index in [1.807, 2.05) is 7.05 Å². The zero-order valence-electron chi connectivity index (χ0n) is 8.88. The standard InChI is InChI=1S/C10H18N2O2/c1-3-5-13-6-4-9-7-12-10(14-9)8-11-2/h7,11H,3-6,8H2,1-2H3. The van der Waals surface area contributed by atoms with Gasteiger partial charge in [0, 0.05) is 13.0 Å². The number of oxazole rings is 1. The third-order valence-electron chi connectivity index (χ3n) is 1.77. The quantitative estimate of drug-likeness (QED) is 0.672. The summed E-state index contributed by atoms with van der Waals surface area (Å²) in [5.41, 5.74) is 0. The van der Waals surface area contributed by atoms with Gasteiger partial charge in [-0.3, -0.25) is 0 Å². The van der Waals surface area contributed by atoms with Crippen molar-refractivity contribution >= 4 is 0 Å². The number of ether oxygens (including phenoxy) is 1. The van der Waals surface area contributed by atoms with Crippen LogP contribution in [-0.4, -0.2) is 25.2 Å². The molecule has 0 aliphatic rings. The van der Waals surface area contributed by atoms with Gasteiger partial charge in [0.15, 0.2) is 0 Å². The van der Waals surface area contributed by atoms with Gasteiger partial charge in [-0.25, -0.2) is 4.98 Å². The zero-order valence-corrected chi connectivity index (χ0v) is 8.88. The van der Waals surface area contributed by atoms with E-state index >= 15 is 0 Å². The lowest BCUT2D eigenvalue weighted by molar-refractivity contribution is 0.134. The molecule has 0 saturated heterocycles. The molecule has 14 heavy (non-hydrogen) atoms. The molecular weight excluding hydrogens is 180 g/mol. The van der Waals surface area contributed by atoms with Crippen LogP contribution in [0.15, 0.2) is 10.6 Å². The molecule has 1 heterocycles. The molecule has 1 N–H and O–H groups in total. The van der Waals surface area contributed by atoms with E-state index in [-0.39, 0.29) is 0 Å². The highest BCUT2D eigenvalue weighted by molar-refractivity contribution is 4.94. The van der Waals surface area contributed by atoms with Crippen LogP contribution in [0.4, 0.5) is 0 Å². The highest BCUT2D eigenvalue weighted by atomic mass is 16.5. The zero-order chi connectivity index (χ0) is 10.2. The monoisotopic (exact) mass is 198 g/mol. The molecule has 0 fully saturated rings. The largest absolute Gasteiger partial charge is 0.444 e. The lowest BCUT2D eigenvalue weighted by Crippen LogP contribution is -2.04. The van der Waals surface area contributed by atoms with Crippen LogP contribution in [0.25, 0.3) is 0 Å². The highest BCUT2D eigenvalue weighted by Crippen LogP contribution is 2.04. The Kier molecular flexibility index (Phi) is 5.25. The average molecular weight is 198 g/mol. The maximum absolute atomic E-state index is 5.45. The van der Waals surface area contributed by atoms with E-state index < -0.39 is 0 Å². The van der Waals surface area contributed by atoms with Crippen LogP contribution < -0.4 is 5.32 Å². The first-order valence-electron chi connectivity index (χ1n) is 5.02. The lowest BCUT2D eigenvalue weighted by atomic mass is 10.4. The molecular formula is C10H18N2O2. The molecule has 0 amide bonds. The van der Waals surface area contributed by atoms with Crippen molar-refractivity contribution in [3.63, 3.8) is 0 Å². The maximum atomic E-state index is 5.45. The van der Waals surface area contributed by atoms with Gasteiger partial charge in [0.1, 0.15) is 5.76 Å². The molecule has 1 rings (SSSR count). The van der Waals surface area contributed by atoms with E-state index in [4.69, 9.17) is 9.15 Å². The third kappa shape index (κ3) is 3.89. The van der Waals surface area contributed by atoms with Crippen molar-refractivity contribution in [3.8, 4) is 0 Å². The van der Waals surface area contributed by atoms with Crippen molar-refractivity contribution in [2.45, 2.75) is 26.3 Å². The first-order chi connectivity index (χ1) is 6.86. The van der Waals surface area contributed by atoms with E-state index in [9.17, 15) is 0 Å². The van der Waals surface area contributed by atoms with Crippen molar-refractivity contribution in [2.75, 3.05) is 20.3 Å². The summed E-state index contributed by atoms with van der Waals surface area (Å²) in [5, 5.41) is 2.99. The summed E-state index contributed by atoms with van der Waals surface area (Å²) in [6.07, 6.45) is 3.63. The van der Waals surface area contributed by atoms with Gasteiger partial charge in [-0.05, 0) is 13.5 Å². The number of aromatic nitrogens is 1. The minimum atomic E-state index is 0.676. The van der Waals surface area contributed by atoms with Crippen LogP contribution in [0, 0.1) is 0 Å². The van der Waals surface area contributed by atoms with Gasteiger partial charge >= 0.3 is 0 Å². The molecule has 80 valence electrons. The summed E-state index contributed by atoms with van der Waals surface area (Å²) < 4.78 is 10.8. The Balaban J connectivity index is 2.22. The minimum Gasteiger partial charge on any atom is -0.444 e. The van der Waals surface area contributed by atoms with Crippen molar-refractivity contribution < 1.29 is 9.15 Å². The first kappa shape index (κ1) is 11.2. The first-order valence-corrected chi connectivity index (χ1v) is 5.02. The van der Waals surface area contributed by atoms with Gasteiger partial charge in [-0.15, -0.1) is 0 Å². The van der Waals surface area contributed by atoms with Crippen LogP contribution in [0.3, 0.4) is 0 Å². The average Bonchev–Trinajstić information content (AvgIpc) is 2.61. The van der Waals surface area contributed by atoms with Crippen molar-refractivity contribution in [1.29, 1.82) is 0 Å². The minimum absolute atomic E-state index is 0.676. The fourth-order valence-electron chi connectivity index (χ4n) is 1.12. The lowest BCUT2D eigenvalue weighted by Gasteiger charge is -1.99. The topological polar surface area (TPSA) is 47.3 Å². The van der Waals surface area contributed by atoms with Gasteiger partial charge in [0.05, 0.1) is 19.3 Å². The van der Waals surface area contributed by atoms with Crippen LogP contribution >= 0.6 is 0 Å². The molecule has 0 atom stereocenters. The predicted octanol–water partition coefficient (Wildman–Crippen LogP) is 1.36. The molecule has 1 aromatic rings. The van der Waals surface area contributed by atoms with E-state index in [1.54, 1.807) is 6.20 Å². The Labute approximate surface area is 84.7 Å². The summed E-state index contributed by atoms with van der Waals surface area (Å²) in [7, 11) is 1.87. The fourth-order valence-corrected chi connectivity index (χ4v) is 1.12. The Morgan fingerprint density at radius 2 is 2.36 bits per heavy atom. The fraction of sp³-hybridized carbons (Fsp3) is 0.700. The number of hydrogen-bond acceptors (Lipinski definition) is 4. The molecule has 0 aliphatic carbocycles. The third-order valence-corrected chi connectivity index (χ3v) is 1.77. The normalized spacial score (nSPS) is 10.7. The van der Waals surface area contributed by atoms with Crippen molar-refractivity contribution in [3.05, 3.63) is 17.8 Å². The predicted molar refractivity (Wildman–Crippen MR) is 54.1 cm³/mol. The molecule has 0 bridgehead atoms. The van der Waals surface area contributed by atoms with Crippen LogP contribution in [0.5, 0.6) is 0 Å². The van der Waals surface area contributed by atoms with Crippen molar-refractivity contribution in [1.82, 2.24) is 10.3 Å². The summed E-state index contributed by atoms with van der Waals surface area (Å²) in [4.78, 5) is 4.12. The number of nitrogens with one attached hydrogen (secondary N) is 1. The molecule has 0 radical (unpaired) electrons. The molecule has 0 spiro atoms. The second-order valence-electron chi connectivity index (χ2n) is 3.11. The van der Waals surface area contributed by atoms with Gasteiger partial charge < -0.3 is 14.5 Å². The smallest absolute Gasteiger partial charge is 0.208 e. The molecule has 0 aliphatic heterocycles. The van der Waals surface area contributed by atoms with Crippen LogP contribution in [0.2, 0.25) is 0 Å². The Morgan fingerprint density at radius 3 is 3.07 bits per heavy atom. The Bertz CT molecular complexity index is 248. The number of hydrogen-bond donors (Lipinski definition) is 1. The summed E-state index contributed by atoms with van der Waals surface area (Å²) in [5.74, 6) is 1.63. The van der Waals surface area contributed by atoms with E-state index in [0.29, 0.717) is 13.2 Å². The maximum Gasteiger partial charge on any atom is 0.208 e. The molecule has 4 heteroatoms. The Hall–Kier alpha value is -0.870. The van der Waals surface area contributed by atoms with Gasteiger partial charge in [-0.2, -0.15) is 0 Å². The highest BCUT2D eigenvalue weighted by Gasteiger charge is 2.02. The van der Waals surface area contributed by atoms with E-state index in [2.05, 4.69) is 17.2 Å². The Morgan fingerprint density at radius 1 is 1.50 bits per heavy atom. The SMILES string of the molecule is CCCOCCc1cnc(CNC)o1. The van der Waals surface area contributed by atoms with Crippen LogP contribution in [0.1, 0.15) is 25.0 Å². The second-order valence-corrected chi connectivity index (χ2v) is 3.11. The molecule has 0 aromatic carbocycles.